The molecule has 108 valence electrons. The number of rotatable bonds is 5. The van der Waals surface area contributed by atoms with Gasteiger partial charge in [-0.3, -0.25) is 4.68 Å². The summed E-state index contributed by atoms with van der Waals surface area (Å²) in [4.78, 5) is 0.0734. The van der Waals surface area contributed by atoms with Gasteiger partial charge >= 0.3 is 0 Å². The van der Waals surface area contributed by atoms with E-state index in [1.165, 1.54) is 23.5 Å². The summed E-state index contributed by atoms with van der Waals surface area (Å²) >= 11 is 0. The van der Waals surface area contributed by atoms with Gasteiger partial charge in [0.1, 0.15) is 5.82 Å². The van der Waals surface area contributed by atoms with E-state index in [4.69, 9.17) is 0 Å². The molecule has 1 aromatic carbocycles. The predicted octanol–water partition coefficient (Wildman–Crippen LogP) is 1.86. The Balaban J connectivity index is 2.18. The van der Waals surface area contributed by atoms with Crippen LogP contribution in [0.2, 0.25) is 0 Å². The van der Waals surface area contributed by atoms with E-state index in [2.05, 4.69) is 5.10 Å². The van der Waals surface area contributed by atoms with Gasteiger partial charge in [0.05, 0.1) is 11.1 Å². The number of aromatic nitrogens is 2. The van der Waals surface area contributed by atoms with Gasteiger partial charge in [0.25, 0.3) is 0 Å². The van der Waals surface area contributed by atoms with Crippen molar-refractivity contribution in [1.29, 1.82) is 0 Å². The fourth-order valence-electron chi connectivity index (χ4n) is 1.79. The SMILES string of the molecule is CCn1cc(CN(C)S(=O)(=O)c2ccc(F)cc2)cn1. The molecular formula is C13H16FN3O2S. The van der Waals surface area contributed by atoms with Gasteiger partial charge in [0.2, 0.25) is 10.0 Å². The number of halogens is 1. The van der Waals surface area contributed by atoms with Crippen LogP contribution in [0.25, 0.3) is 0 Å². The monoisotopic (exact) mass is 297 g/mol. The van der Waals surface area contributed by atoms with Crippen molar-refractivity contribution < 1.29 is 12.8 Å². The highest BCUT2D eigenvalue weighted by Gasteiger charge is 2.21. The molecule has 1 aromatic heterocycles. The molecule has 0 aliphatic rings. The first-order chi connectivity index (χ1) is 9.43. The van der Waals surface area contributed by atoms with E-state index in [9.17, 15) is 12.8 Å². The van der Waals surface area contributed by atoms with Gasteiger partial charge in [0, 0.05) is 31.9 Å². The third kappa shape index (κ3) is 3.05. The summed E-state index contributed by atoms with van der Waals surface area (Å²) < 4.78 is 40.4. The molecule has 2 aromatic rings. The molecule has 0 spiro atoms. The smallest absolute Gasteiger partial charge is 0.243 e. The number of hydrogen-bond donors (Lipinski definition) is 0. The van der Waals surface area contributed by atoms with Gasteiger partial charge in [-0.2, -0.15) is 9.40 Å². The van der Waals surface area contributed by atoms with Crippen molar-refractivity contribution >= 4 is 10.0 Å². The van der Waals surface area contributed by atoms with Gasteiger partial charge in [-0.25, -0.2) is 12.8 Å². The number of nitrogens with zero attached hydrogens (tertiary/aromatic N) is 3. The van der Waals surface area contributed by atoms with Crippen molar-refractivity contribution in [1.82, 2.24) is 14.1 Å². The topological polar surface area (TPSA) is 55.2 Å². The lowest BCUT2D eigenvalue weighted by atomic mass is 10.3. The zero-order chi connectivity index (χ0) is 14.8. The number of benzene rings is 1. The van der Waals surface area contributed by atoms with Crippen LogP contribution in [0.15, 0.2) is 41.6 Å². The molecule has 0 unspecified atom stereocenters. The van der Waals surface area contributed by atoms with Crippen LogP contribution in [0.4, 0.5) is 4.39 Å². The molecule has 0 radical (unpaired) electrons. The molecule has 0 aliphatic heterocycles. The number of sulfonamides is 1. The standard InChI is InChI=1S/C13H16FN3O2S/c1-3-17-10-11(8-15-17)9-16(2)20(18,19)13-6-4-12(14)5-7-13/h4-8,10H,3,9H2,1-2H3. The molecule has 5 nitrogen and oxygen atoms in total. The van der Waals surface area contributed by atoms with Crippen molar-refractivity contribution in [2.75, 3.05) is 7.05 Å². The molecule has 0 aliphatic carbocycles. The summed E-state index contributed by atoms with van der Waals surface area (Å²) in [5.41, 5.74) is 0.806. The molecule has 0 fully saturated rings. The van der Waals surface area contributed by atoms with E-state index in [0.717, 1.165) is 24.2 Å². The fourth-order valence-corrected chi connectivity index (χ4v) is 2.95. The van der Waals surface area contributed by atoms with Gasteiger partial charge in [0.15, 0.2) is 0 Å². The van der Waals surface area contributed by atoms with Crippen molar-refractivity contribution in [3.63, 3.8) is 0 Å². The normalized spacial score (nSPS) is 12.0. The largest absolute Gasteiger partial charge is 0.273 e. The van der Waals surface area contributed by atoms with Crippen molar-refractivity contribution in [2.45, 2.75) is 24.9 Å². The van der Waals surface area contributed by atoms with Crippen LogP contribution in [0.3, 0.4) is 0 Å². The van der Waals surface area contributed by atoms with Crippen molar-refractivity contribution in [2.24, 2.45) is 0 Å². The van der Waals surface area contributed by atoms with Crippen molar-refractivity contribution in [3.05, 3.63) is 48.0 Å². The second-order valence-electron chi connectivity index (χ2n) is 4.42. The van der Waals surface area contributed by atoms with Gasteiger partial charge in [-0.1, -0.05) is 0 Å². The highest BCUT2D eigenvalue weighted by molar-refractivity contribution is 7.89. The zero-order valence-electron chi connectivity index (χ0n) is 11.3. The molecule has 0 amide bonds. The Labute approximate surface area is 117 Å². The summed E-state index contributed by atoms with van der Waals surface area (Å²) in [5.74, 6) is -0.462. The molecule has 0 bridgehead atoms. The van der Waals surface area contributed by atoms with E-state index in [1.807, 2.05) is 6.92 Å². The van der Waals surface area contributed by atoms with E-state index < -0.39 is 15.8 Å². The average Bonchev–Trinajstić information content (AvgIpc) is 2.87. The molecule has 0 saturated carbocycles. The first-order valence-electron chi connectivity index (χ1n) is 6.16. The molecule has 0 N–H and O–H groups in total. The van der Waals surface area contributed by atoms with E-state index in [0.29, 0.717) is 0 Å². The molecule has 7 heteroatoms. The van der Waals surface area contributed by atoms with Crippen molar-refractivity contribution in [3.8, 4) is 0 Å². The lowest BCUT2D eigenvalue weighted by Crippen LogP contribution is -2.26. The fraction of sp³-hybridized carbons (Fsp3) is 0.308. The van der Waals surface area contributed by atoms with Crippen LogP contribution in [-0.4, -0.2) is 29.6 Å². The summed E-state index contributed by atoms with van der Waals surface area (Å²) in [6.45, 7) is 2.91. The first kappa shape index (κ1) is 14.7. The van der Waals surface area contributed by atoms with Crippen LogP contribution >= 0.6 is 0 Å². The second-order valence-corrected chi connectivity index (χ2v) is 6.46. The molecule has 0 saturated heterocycles. The quantitative estimate of drug-likeness (QED) is 0.846. The van der Waals surface area contributed by atoms with Gasteiger partial charge < -0.3 is 0 Å². The summed E-state index contributed by atoms with van der Waals surface area (Å²) in [5, 5.41) is 4.10. The Hall–Kier alpha value is -1.73. The minimum absolute atomic E-state index is 0.0734. The maximum atomic E-state index is 12.8. The Morgan fingerprint density at radius 3 is 2.50 bits per heavy atom. The summed E-state index contributed by atoms with van der Waals surface area (Å²) in [6.07, 6.45) is 3.44. The minimum atomic E-state index is -3.62. The van der Waals surface area contributed by atoms with Gasteiger partial charge in [-0.05, 0) is 31.2 Å². The Kier molecular flexibility index (Phi) is 4.20. The third-order valence-electron chi connectivity index (χ3n) is 2.94. The number of aryl methyl sites for hydroxylation is 1. The molecule has 2 rings (SSSR count). The molecule has 0 atom stereocenters. The van der Waals surface area contributed by atoms with Gasteiger partial charge in [-0.15, -0.1) is 0 Å². The van der Waals surface area contributed by atoms with Crippen LogP contribution in [0, 0.1) is 5.82 Å². The summed E-state index contributed by atoms with van der Waals surface area (Å²) in [6, 6.07) is 4.79. The number of hydrogen-bond acceptors (Lipinski definition) is 3. The Morgan fingerprint density at radius 1 is 1.30 bits per heavy atom. The molecule has 1 heterocycles. The van der Waals surface area contributed by atoms with Crippen LogP contribution < -0.4 is 0 Å². The zero-order valence-corrected chi connectivity index (χ0v) is 12.1. The van der Waals surface area contributed by atoms with E-state index in [1.54, 1.807) is 17.1 Å². The minimum Gasteiger partial charge on any atom is -0.273 e. The Morgan fingerprint density at radius 2 is 1.95 bits per heavy atom. The van der Waals surface area contributed by atoms with Crippen LogP contribution in [0.5, 0.6) is 0 Å². The lowest BCUT2D eigenvalue weighted by molar-refractivity contribution is 0.466. The average molecular weight is 297 g/mol. The maximum absolute atomic E-state index is 12.8. The highest BCUT2D eigenvalue weighted by Crippen LogP contribution is 2.16. The predicted molar refractivity (Wildman–Crippen MR) is 73.0 cm³/mol. The van der Waals surface area contributed by atoms with E-state index >= 15 is 0 Å². The third-order valence-corrected chi connectivity index (χ3v) is 4.76. The maximum Gasteiger partial charge on any atom is 0.243 e. The highest BCUT2D eigenvalue weighted by atomic mass is 32.2. The lowest BCUT2D eigenvalue weighted by Gasteiger charge is -2.16. The second kappa shape index (κ2) is 5.72. The summed E-state index contributed by atoms with van der Waals surface area (Å²) in [7, 11) is -2.13. The van der Waals surface area contributed by atoms with Crippen LogP contribution in [0.1, 0.15) is 12.5 Å². The van der Waals surface area contributed by atoms with Crippen LogP contribution in [-0.2, 0) is 23.1 Å². The molecular weight excluding hydrogens is 281 g/mol. The van der Waals surface area contributed by atoms with E-state index in [-0.39, 0.29) is 11.4 Å². The Bertz CT molecular complexity index is 680. The molecule has 20 heavy (non-hydrogen) atoms. The first-order valence-corrected chi connectivity index (χ1v) is 7.60.